The molecule has 0 saturated heterocycles. The molecule has 6 heteroatoms. The molecular weight excluding hydrogens is 275 g/mol. The van der Waals surface area contributed by atoms with E-state index in [9.17, 15) is 14.0 Å². The van der Waals surface area contributed by atoms with E-state index in [2.05, 4.69) is 10.3 Å². The van der Waals surface area contributed by atoms with E-state index in [0.717, 1.165) is 0 Å². The highest BCUT2D eigenvalue weighted by molar-refractivity contribution is 5.95. The first-order valence-electron chi connectivity index (χ1n) is 6.37. The van der Waals surface area contributed by atoms with E-state index >= 15 is 0 Å². The summed E-state index contributed by atoms with van der Waals surface area (Å²) in [6.07, 6.45) is 0. The van der Waals surface area contributed by atoms with Crippen molar-refractivity contribution in [2.75, 3.05) is 0 Å². The largest absolute Gasteiger partial charge is 0.392 e. The number of pyridine rings is 1. The molecule has 0 fully saturated rings. The van der Waals surface area contributed by atoms with Crippen LogP contribution < -0.4 is 10.9 Å². The average Bonchev–Trinajstić information content (AvgIpc) is 2.46. The third-order valence-electron chi connectivity index (χ3n) is 3.09. The van der Waals surface area contributed by atoms with Gasteiger partial charge in [0.05, 0.1) is 12.2 Å². The number of H-pyrrole nitrogens is 1. The lowest BCUT2D eigenvalue weighted by Crippen LogP contribution is -2.25. The highest BCUT2D eigenvalue weighted by atomic mass is 19.1. The molecule has 1 aromatic heterocycles. The van der Waals surface area contributed by atoms with Crippen LogP contribution in [0.1, 0.15) is 27.2 Å². The van der Waals surface area contributed by atoms with E-state index in [0.29, 0.717) is 16.8 Å². The molecule has 0 unspecified atom stereocenters. The van der Waals surface area contributed by atoms with Gasteiger partial charge in [0.15, 0.2) is 0 Å². The third kappa shape index (κ3) is 3.55. The Morgan fingerprint density at radius 3 is 2.76 bits per heavy atom. The second-order valence-corrected chi connectivity index (χ2v) is 4.63. The smallest absolute Gasteiger partial charge is 0.253 e. The molecule has 3 N–H and O–H groups in total. The standard InChI is InChI=1S/C15H15FN2O3/c1-9-12(3-5-14(20)18-9)15(21)17-7-10-2-4-13(16)11(6-10)8-19/h2-6,19H,7-8H2,1H3,(H,17,21)(H,18,20). The van der Waals surface area contributed by atoms with E-state index in [1.54, 1.807) is 6.92 Å². The van der Waals surface area contributed by atoms with Gasteiger partial charge in [0, 0.05) is 23.9 Å². The van der Waals surface area contributed by atoms with Gasteiger partial charge in [-0.05, 0) is 30.7 Å². The van der Waals surface area contributed by atoms with Gasteiger partial charge in [0.1, 0.15) is 5.82 Å². The molecule has 1 heterocycles. The zero-order chi connectivity index (χ0) is 15.4. The van der Waals surface area contributed by atoms with E-state index in [-0.39, 0.29) is 23.6 Å². The first-order chi connectivity index (χ1) is 10.0. The minimum absolute atomic E-state index is 0.182. The fourth-order valence-electron chi connectivity index (χ4n) is 1.96. The van der Waals surface area contributed by atoms with Gasteiger partial charge in [0.25, 0.3) is 5.91 Å². The summed E-state index contributed by atoms with van der Waals surface area (Å²) in [6.45, 7) is 1.44. The van der Waals surface area contributed by atoms with Crippen LogP contribution in [0.4, 0.5) is 4.39 Å². The van der Waals surface area contributed by atoms with Crippen molar-refractivity contribution in [3.63, 3.8) is 0 Å². The first kappa shape index (κ1) is 14.9. The Morgan fingerprint density at radius 1 is 1.33 bits per heavy atom. The number of aryl methyl sites for hydroxylation is 1. The van der Waals surface area contributed by atoms with Crippen LogP contribution in [0.2, 0.25) is 0 Å². The number of aromatic nitrogens is 1. The molecule has 0 aliphatic heterocycles. The monoisotopic (exact) mass is 290 g/mol. The van der Waals surface area contributed by atoms with Gasteiger partial charge >= 0.3 is 0 Å². The minimum Gasteiger partial charge on any atom is -0.392 e. The molecule has 0 radical (unpaired) electrons. The zero-order valence-electron chi connectivity index (χ0n) is 11.4. The SMILES string of the molecule is Cc1[nH]c(=O)ccc1C(=O)NCc1ccc(F)c(CO)c1. The highest BCUT2D eigenvalue weighted by Gasteiger charge is 2.09. The molecule has 0 aliphatic carbocycles. The third-order valence-corrected chi connectivity index (χ3v) is 3.09. The van der Waals surface area contributed by atoms with Crippen LogP contribution in [0.5, 0.6) is 0 Å². The van der Waals surface area contributed by atoms with Crippen LogP contribution in [-0.2, 0) is 13.2 Å². The predicted octanol–water partition coefficient (Wildman–Crippen LogP) is 1.24. The predicted molar refractivity (Wildman–Crippen MR) is 75.3 cm³/mol. The van der Waals surface area contributed by atoms with Crippen LogP contribution in [-0.4, -0.2) is 16.0 Å². The second-order valence-electron chi connectivity index (χ2n) is 4.63. The maximum atomic E-state index is 13.2. The van der Waals surface area contributed by atoms with E-state index in [4.69, 9.17) is 5.11 Å². The normalized spacial score (nSPS) is 10.4. The number of hydrogen-bond acceptors (Lipinski definition) is 3. The number of halogens is 1. The number of amides is 1. The number of nitrogens with one attached hydrogen (secondary N) is 2. The first-order valence-corrected chi connectivity index (χ1v) is 6.37. The molecule has 2 rings (SSSR count). The summed E-state index contributed by atoms with van der Waals surface area (Å²) in [4.78, 5) is 25.7. The summed E-state index contributed by atoms with van der Waals surface area (Å²) >= 11 is 0. The number of carbonyl (C=O) groups excluding carboxylic acids is 1. The molecule has 110 valence electrons. The van der Waals surface area contributed by atoms with Crippen molar-refractivity contribution in [1.29, 1.82) is 0 Å². The molecule has 5 nitrogen and oxygen atoms in total. The topological polar surface area (TPSA) is 82.2 Å². The molecular formula is C15H15FN2O3. The summed E-state index contributed by atoms with van der Waals surface area (Å²) in [6, 6.07) is 7.01. The Balaban J connectivity index is 2.09. The average molecular weight is 290 g/mol. The summed E-state index contributed by atoms with van der Waals surface area (Å²) in [7, 11) is 0. The van der Waals surface area contributed by atoms with Crippen molar-refractivity contribution < 1.29 is 14.3 Å². The molecule has 1 aromatic carbocycles. The molecule has 0 bridgehead atoms. The fraction of sp³-hybridized carbons (Fsp3) is 0.200. The van der Waals surface area contributed by atoms with Crippen molar-refractivity contribution in [3.8, 4) is 0 Å². The Kier molecular flexibility index (Phi) is 4.49. The van der Waals surface area contributed by atoms with Gasteiger partial charge in [-0.2, -0.15) is 0 Å². The lowest BCUT2D eigenvalue weighted by Gasteiger charge is -2.08. The Hall–Kier alpha value is -2.47. The number of aromatic amines is 1. The summed E-state index contributed by atoms with van der Waals surface area (Å²) in [5.74, 6) is -0.817. The Labute approximate surface area is 120 Å². The maximum Gasteiger partial charge on any atom is 0.253 e. The molecule has 1 amide bonds. The lowest BCUT2D eigenvalue weighted by molar-refractivity contribution is 0.0950. The summed E-state index contributed by atoms with van der Waals surface area (Å²) in [5.41, 5.74) is 1.45. The van der Waals surface area contributed by atoms with E-state index in [1.807, 2.05) is 0 Å². The van der Waals surface area contributed by atoms with Crippen molar-refractivity contribution in [3.05, 3.63) is 68.9 Å². The van der Waals surface area contributed by atoms with Gasteiger partial charge in [-0.15, -0.1) is 0 Å². The molecule has 0 aliphatic rings. The minimum atomic E-state index is -0.482. The molecule has 0 spiro atoms. The second kappa shape index (κ2) is 6.32. The van der Waals surface area contributed by atoms with Gasteiger partial charge in [-0.3, -0.25) is 9.59 Å². The Morgan fingerprint density at radius 2 is 2.10 bits per heavy atom. The number of carbonyl (C=O) groups is 1. The fourth-order valence-corrected chi connectivity index (χ4v) is 1.96. The maximum absolute atomic E-state index is 13.2. The molecule has 2 aromatic rings. The number of benzene rings is 1. The van der Waals surface area contributed by atoms with Crippen molar-refractivity contribution in [2.24, 2.45) is 0 Å². The van der Waals surface area contributed by atoms with Crippen molar-refractivity contribution in [2.45, 2.75) is 20.1 Å². The van der Waals surface area contributed by atoms with Crippen LogP contribution >= 0.6 is 0 Å². The van der Waals surface area contributed by atoms with Gasteiger partial charge < -0.3 is 15.4 Å². The van der Waals surface area contributed by atoms with Crippen LogP contribution in [0, 0.1) is 12.7 Å². The number of aliphatic hydroxyl groups excluding tert-OH is 1. The van der Waals surface area contributed by atoms with Crippen molar-refractivity contribution >= 4 is 5.91 Å². The highest BCUT2D eigenvalue weighted by Crippen LogP contribution is 2.11. The summed E-state index contributed by atoms with van der Waals surface area (Å²) in [5, 5.41) is 11.7. The van der Waals surface area contributed by atoms with Crippen LogP contribution in [0.25, 0.3) is 0 Å². The van der Waals surface area contributed by atoms with E-state index < -0.39 is 12.4 Å². The zero-order valence-corrected chi connectivity index (χ0v) is 11.4. The van der Waals surface area contributed by atoms with Crippen LogP contribution in [0.15, 0.2) is 35.1 Å². The van der Waals surface area contributed by atoms with Gasteiger partial charge in [-0.25, -0.2) is 4.39 Å². The quantitative estimate of drug-likeness (QED) is 0.792. The van der Waals surface area contributed by atoms with E-state index in [1.165, 1.54) is 30.3 Å². The number of hydrogen-bond donors (Lipinski definition) is 3. The lowest BCUT2D eigenvalue weighted by atomic mass is 10.1. The number of aliphatic hydroxyl groups is 1. The molecule has 0 saturated carbocycles. The van der Waals surface area contributed by atoms with Gasteiger partial charge in [0.2, 0.25) is 5.56 Å². The summed E-state index contributed by atoms with van der Waals surface area (Å²) < 4.78 is 13.2. The van der Waals surface area contributed by atoms with Crippen molar-refractivity contribution in [1.82, 2.24) is 10.3 Å². The molecule has 21 heavy (non-hydrogen) atoms. The van der Waals surface area contributed by atoms with Crippen LogP contribution in [0.3, 0.4) is 0 Å². The van der Waals surface area contributed by atoms with Gasteiger partial charge in [-0.1, -0.05) is 6.07 Å². The Bertz CT molecular complexity index is 725. The molecule has 0 atom stereocenters. The number of rotatable bonds is 4.